The summed E-state index contributed by atoms with van der Waals surface area (Å²) in [4.78, 5) is 53.2. The van der Waals surface area contributed by atoms with Gasteiger partial charge in [-0.2, -0.15) is 0 Å². The lowest BCUT2D eigenvalue weighted by Crippen LogP contribution is -2.56. The number of carbonyl (C=O) groups is 4. The zero-order valence-electron chi connectivity index (χ0n) is 29.7. The molecule has 0 spiro atoms. The summed E-state index contributed by atoms with van der Waals surface area (Å²) < 4.78 is 17.5. The number of unbranched alkanes of at least 4 members (excludes halogenated alkanes) is 1. The van der Waals surface area contributed by atoms with Crippen LogP contribution >= 0.6 is 0 Å². The minimum Gasteiger partial charge on any atom is -0.496 e. The van der Waals surface area contributed by atoms with Gasteiger partial charge in [-0.1, -0.05) is 60.7 Å². The van der Waals surface area contributed by atoms with E-state index in [-0.39, 0.29) is 12.8 Å². The van der Waals surface area contributed by atoms with Crippen molar-refractivity contribution in [1.29, 1.82) is 0 Å². The van der Waals surface area contributed by atoms with Crippen molar-refractivity contribution in [2.24, 2.45) is 0 Å². The summed E-state index contributed by atoms with van der Waals surface area (Å²) in [6.45, 7) is 2.01. The number of nitrogens with one attached hydrogen (secondary N) is 3. The second-order valence-corrected chi connectivity index (χ2v) is 12.7. The predicted molar refractivity (Wildman–Crippen MR) is 196 cm³/mol. The summed E-state index contributed by atoms with van der Waals surface area (Å²) >= 11 is 0. The van der Waals surface area contributed by atoms with Crippen molar-refractivity contribution in [2.45, 2.75) is 63.6 Å². The lowest BCUT2D eigenvalue weighted by Gasteiger charge is -2.26. The van der Waals surface area contributed by atoms with E-state index < -0.39 is 41.8 Å². The molecule has 51 heavy (non-hydrogen) atoms. The summed E-state index contributed by atoms with van der Waals surface area (Å²) in [6.07, 6.45) is 6.14. The number of ether oxygens (including phenoxy) is 3. The van der Waals surface area contributed by atoms with Gasteiger partial charge >= 0.3 is 5.97 Å². The summed E-state index contributed by atoms with van der Waals surface area (Å²) in [5.41, 5.74) is 7.10. The number of amides is 3. The van der Waals surface area contributed by atoms with E-state index in [4.69, 9.17) is 14.2 Å². The van der Waals surface area contributed by atoms with Crippen molar-refractivity contribution >= 4 is 45.2 Å². The number of methoxy groups -OCH3 is 3. The molecule has 0 aromatic heterocycles. The van der Waals surface area contributed by atoms with Crippen LogP contribution in [0.25, 0.3) is 32.7 Å². The number of rotatable bonds is 8. The molecule has 4 bridgehead atoms. The second-order valence-electron chi connectivity index (χ2n) is 12.7. The Morgan fingerprint density at radius 1 is 0.824 bits per heavy atom. The van der Waals surface area contributed by atoms with Crippen molar-refractivity contribution in [2.75, 3.05) is 27.9 Å². The molecule has 4 aromatic rings. The molecule has 0 fully saturated rings. The minimum atomic E-state index is -1.06. The number of fused-ring (bicyclic) bond motifs is 9. The largest absolute Gasteiger partial charge is 0.496 e. The quantitative estimate of drug-likeness (QED) is 0.124. The first kappa shape index (κ1) is 36.9. The van der Waals surface area contributed by atoms with Gasteiger partial charge < -0.3 is 35.9 Å². The fourth-order valence-corrected chi connectivity index (χ4v) is 6.85. The van der Waals surface area contributed by atoms with E-state index in [9.17, 15) is 19.2 Å². The van der Waals surface area contributed by atoms with Crippen LogP contribution in [0.15, 0.2) is 72.8 Å². The van der Waals surface area contributed by atoms with Gasteiger partial charge in [-0.05, 0) is 76.9 Å². The Kier molecular flexibility index (Phi) is 12.3. The molecule has 3 amide bonds. The van der Waals surface area contributed by atoms with Gasteiger partial charge in [0.25, 0.3) is 0 Å². The smallest absolute Gasteiger partial charge is 0.328 e. The van der Waals surface area contributed by atoms with E-state index in [1.807, 2.05) is 66.7 Å². The highest BCUT2D eigenvalue weighted by molar-refractivity contribution is 6.11. The SMILES string of the molecule is COC(=O)[C@@H]1C/C=C\Cc2cc3ccccc3c(c2OC)-c2c(OC)c(cc3ccccc23)CC(NC(C)=O)C(=O)N[C@H](CCCC[NH3+])C(=O)N1. The van der Waals surface area contributed by atoms with Gasteiger partial charge in [0.05, 0.1) is 27.9 Å². The first-order valence-corrected chi connectivity index (χ1v) is 17.3. The summed E-state index contributed by atoms with van der Waals surface area (Å²) in [5.74, 6) is -0.890. The molecule has 0 saturated heterocycles. The fraction of sp³-hybridized carbons (Fsp3) is 0.350. The molecule has 0 saturated carbocycles. The van der Waals surface area contributed by atoms with E-state index in [2.05, 4.69) is 27.8 Å². The van der Waals surface area contributed by atoms with Gasteiger partial charge in [-0.3, -0.25) is 14.4 Å². The molecule has 0 aliphatic carbocycles. The lowest BCUT2D eigenvalue weighted by molar-refractivity contribution is -0.368. The molecule has 1 unspecified atom stereocenters. The van der Waals surface area contributed by atoms with Crippen LogP contribution in [0.5, 0.6) is 11.5 Å². The van der Waals surface area contributed by atoms with Crippen LogP contribution < -0.4 is 31.2 Å². The van der Waals surface area contributed by atoms with Crippen molar-refractivity contribution in [1.82, 2.24) is 16.0 Å². The van der Waals surface area contributed by atoms with Gasteiger partial charge in [0, 0.05) is 24.5 Å². The fourth-order valence-electron chi connectivity index (χ4n) is 6.85. The molecule has 11 nitrogen and oxygen atoms in total. The highest BCUT2D eigenvalue weighted by Gasteiger charge is 2.31. The van der Waals surface area contributed by atoms with Crippen LogP contribution in [0.4, 0.5) is 0 Å². The molecule has 0 radical (unpaired) electrons. The van der Waals surface area contributed by atoms with Crippen LogP contribution in [0, 0.1) is 0 Å². The first-order chi connectivity index (χ1) is 24.7. The molecule has 268 valence electrons. The summed E-state index contributed by atoms with van der Waals surface area (Å²) in [6, 6.07) is 17.1. The second kappa shape index (κ2) is 17.0. The molecule has 11 heteroatoms. The Bertz CT molecular complexity index is 1960. The Balaban J connectivity index is 1.78. The number of allylic oxidation sites excluding steroid dienone is 1. The van der Waals surface area contributed by atoms with Gasteiger partial charge in [0.2, 0.25) is 17.7 Å². The van der Waals surface area contributed by atoms with Crippen molar-refractivity contribution in [3.8, 4) is 22.6 Å². The first-order valence-electron chi connectivity index (χ1n) is 17.3. The molecule has 3 atom stereocenters. The Hall–Kier alpha value is -5.42. The van der Waals surface area contributed by atoms with Crippen LogP contribution in [-0.4, -0.2) is 69.7 Å². The maximum Gasteiger partial charge on any atom is 0.328 e. The Morgan fingerprint density at radius 2 is 1.43 bits per heavy atom. The third kappa shape index (κ3) is 8.32. The average Bonchev–Trinajstić information content (AvgIpc) is 3.13. The van der Waals surface area contributed by atoms with Crippen LogP contribution in [0.1, 0.15) is 43.7 Å². The average molecular weight is 696 g/mol. The topological polar surface area (TPSA) is 160 Å². The van der Waals surface area contributed by atoms with Gasteiger partial charge in [0.15, 0.2) is 0 Å². The van der Waals surface area contributed by atoms with E-state index in [0.29, 0.717) is 42.9 Å². The van der Waals surface area contributed by atoms with Gasteiger partial charge in [0.1, 0.15) is 29.6 Å². The standard InChI is InChI=1S/C40H46N4O7/c1-24(45)42-33-23-28-22-26-14-6-9-17-30(26)35(37(28)50-3)34-29-16-8-5-13-25(29)21-27(36(34)49-2)15-7-10-19-32(40(48)51-4)44-38(46)31(43-39(33)47)18-11-12-20-41/h5-10,13-14,16-17,21-22,31-33H,11-12,15,18-20,23,41H2,1-4H3,(H,42,45)(H,43,47)(H,44,46)/p+1/b10-7-/t31-,32+,33?/m1/s1. The predicted octanol–water partition coefficient (Wildman–Crippen LogP) is 3.78. The third-order valence-electron chi connectivity index (χ3n) is 9.24. The van der Waals surface area contributed by atoms with Crippen LogP contribution in [-0.2, 0) is 36.8 Å². The Morgan fingerprint density at radius 3 is 2.02 bits per heavy atom. The van der Waals surface area contributed by atoms with E-state index in [0.717, 1.165) is 44.7 Å². The molecule has 1 aliphatic rings. The molecule has 6 N–H and O–H groups in total. The van der Waals surface area contributed by atoms with Crippen LogP contribution in [0.2, 0.25) is 0 Å². The summed E-state index contributed by atoms with van der Waals surface area (Å²) in [5, 5.41) is 12.2. The zero-order valence-corrected chi connectivity index (χ0v) is 29.7. The van der Waals surface area contributed by atoms with E-state index in [1.165, 1.54) is 14.0 Å². The summed E-state index contributed by atoms with van der Waals surface area (Å²) in [7, 11) is 4.50. The molecular formula is C40H47N4O7+. The number of carbonyl (C=O) groups excluding carboxylic acids is 4. The number of quaternary nitrogens is 1. The number of hydrogen-bond donors (Lipinski definition) is 4. The molecule has 1 heterocycles. The molecule has 4 aromatic carbocycles. The minimum absolute atomic E-state index is 0.0626. The number of hydrogen-bond acceptors (Lipinski definition) is 7. The highest BCUT2D eigenvalue weighted by atomic mass is 16.5. The van der Waals surface area contributed by atoms with Crippen molar-refractivity contribution in [3.05, 3.63) is 83.9 Å². The maximum atomic E-state index is 14.1. The van der Waals surface area contributed by atoms with Crippen LogP contribution in [0.3, 0.4) is 0 Å². The normalized spacial score (nSPS) is 18.9. The number of esters is 1. The molecular weight excluding hydrogens is 648 g/mol. The third-order valence-corrected chi connectivity index (χ3v) is 9.24. The maximum absolute atomic E-state index is 14.1. The molecule has 5 rings (SSSR count). The van der Waals surface area contributed by atoms with Crippen molar-refractivity contribution < 1.29 is 39.1 Å². The van der Waals surface area contributed by atoms with Crippen molar-refractivity contribution in [3.63, 3.8) is 0 Å². The lowest BCUT2D eigenvalue weighted by atomic mass is 9.87. The monoisotopic (exact) mass is 695 g/mol. The van der Waals surface area contributed by atoms with E-state index in [1.54, 1.807) is 14.2 Å². The molecule has 1 aliphatic heterocycles. The highest BCUT2D eigenvalue weighted by Crippen LogP contribution is 2.48. The Labute approximate surface area is 297 Å². The van der Waals surface area contributed by atoms with Gasteiger partial charge in [-0.25, -0.2) is 4.79 Å². The van der Waals surface area contributed by atoms with Gasteiger partial charge in [-0.15, -0.1) is 0 Å². The number of benzene rings is 4. The van der Waals surface area contributed by atoms with E-state index >= 15 is 0 Å². The zero-order chi connectivity index (χ0) is 36.5.